The second-order valence-electron chi connectivity index (χ2n) is 5.90. The highest BCUT2D eigenvalue weighted by atomic mass is 16.1. The Bertz CT molecular complexity index is 248. The molecule has 2 heteroatoms. The van der Waals surface area contributed by atoms with Crippen LogP contribution in [0.5, 0.6) is 0 Å². The van der Waals surface area contributed by atoms with Gasteiger partial charge in [-0.3, -0.25) is 9.69 Å². The maximum absolute atomic E-state index is 11.1. The topological polar surface area (TPSA) is 20.3 Å². The number of hydrogen-bond donors (Lipinski definition) is 0. The zero-order valence-corrected chi connectivity index (χ0v) is 9.61. The van der Waals surface area contributed by atoms with Gasteiger partial charge in [0.2, 0.25) is 0 Å². The van der Waals surface area contributed by atoms with Crippen molar-refractivity contribution in [2.75, 3.05) is 19.6 Å². The first-order valence-corrected chi connectivity index (χ1v) is 6.46. The standard InChI is InChI=1S/C13H21NO/c1-9(15)6-14-7-12-10-2-3-11(5-4-10)13(12)8-14/h10-13H,2-8H2,1H3. The number of rotatable bonds is 2. The summed E-state index contributed by atoms with van der Waals surface area (Å²) in [5, 5.41) is 0. The maximum atomic E-state index is 11.1. The largest absolute Gasteiger partial charge is 0.299 e. The Hall–Kier alpha value is -0.370. The number of likely N-dealkylation sites (tertiary alicyclic amines) is 1. The van der Waals surface area contributed by atoms with Crippen molar-refractivity contribution in [3.63, 3.8) is 0 Å². The normalized spacial score (nSPS) is 44.3. The van der Waals surface area contributed by atoms with E-state index in [0.717, 1.165) is 23.7 Å². The average Bonchev–Trinajstić information content (AvgIpc) is 2.63. The zero-order chi connectivity index (χ0) is 10.4. The molecule has 0 amide bonds. The summed E-state index contributed by atoms with van der Waals surface area (Å²) in [5.41, 5.74) is 0. The molecule has 3 saturated carbocycles. The Morgan fingerprint density at radius 3 is 1.93 bits per heavy atom. The third-order valence-electron chi connectivity index (χ3n) is 4.96. The molecule has 0 radical (unpaired) electrons. The van der Waals surface area contributed by atoms with Gasteiger partial charge in [-0.15, -0.1) is 0 Å². The number of carbonyl (C=O) groups is 1. The summed E-state index contributed by atoms with van der Waals surface area (Å²) in [4.78, 5) is 13.6. The van der Waals surface area contributed by atoms with Crippen LogP contribution in [0.15, 0.2) is 0 Å². The fourth-order valence-electron chi connectivity index (χ4n) is 4.38. The first kappa shape index (κ1) is 9.83. The van der Waals surface area contributed by atoms with Crippen LogP contribution in [0.1, 0.15) is 32.6 Å². The van der Waals surface area contributed by atoms with Crippen LogP contribution in [0.25, 0.3) is 0 Å². The molecule has 1 saturated heterocycles. The minimum atomic E-state index is 0.334. The zero-order valence-electron chi connectivity index (χ0n) is 9.61. The molecule has 4 aliphatic rings. The monoisotopic (exact) mass is 207 g/mol. The first-order valence-electron chi connectivity index (χ1n) is 6.46. The van der Waals surface area contributed by atoms with Gasteiger partial charge in [0.1, 0.15) is 5.78 Å². The van der Waals surface area contributed by atoms with Crippen LogP contribution in [-0.2, 0) is 4.79 Å². The van der Waals surface area contributed by atoms with Gasteiger partial charge < -0.3 is 0 Å². The van der Waals surface area contributed by atoms with Crippen LogP contribution in [0.4, 0.5) is 0 Å². The third-order valence-corrected chi connectivity index (χ3v) is 4.96. The smallest absolute Gasteiger partial charge is 0.143 e. The van der Waals surface area contributed by atoms with Crippen molar-refractivity contribution in [1.29, 1.82) is 0 Å². The van der Waals surface area contributed by atoms with Gasteiger partial charge in [-0.25, -0.2) is 0 Å². The van der Waals surface area contributed by atoms with Crippen LogP contribution >= 0.6 is 0 Å². The number of carbonyl (C=O) groups excluding carboxylic acids is 1. The summed E-state index contributed by atoms with van der Waals surface area (Å²) < 4.78 is 0. The third kappa shape index (κ3) is 1.63. The predicted molar refractivity (Wildman–Crippen MR) is 59.5 cm³/mol. The lowest BCUT2D eigenvalue weighted by Crippen LogP contribution is -2.38. The van der Waals surface area contributed by atoms with Crippen LogP contribution in [0, 0.1) is 23.7 Å². The van der Waals surface area contributed by atoms with E-state index in [1.54, 1.807) is 6.92 Å². The van der Waals surface area contributed by atoms with Crippen molar-refractivity contribution in [1.82, 2.24) is 4.90 Å². The van der Waals surface area contributed by atoms with Crippen LogP contribution in [-0.4, -0.2) is 30.3 Å². The maximum Gasteiger partial charge on any atom is 0.143 e. The van der Waals surface area contributed by atoms with Crippen LogP contribution in [0.2, 0.25) is 0 Å². The summed E-state index contributed by atoms with van der Waals surface area (Å²) >= 11 is 0. The Kier molecular flexibility index (Phi) is 2.35. The first-order chi connectivity index (χ1) is 7.24. The van der Waals surface area contributed by atoms with E-state index >= 15 is 0 Å². The van der Waals surface area contributed by atoms with E-state index in [0.29, 0.717) is 12.3 Å². The van der Waals surface area contributed by atoms with Gasteiger partial charge in [0.05, 0.1) is 6.54 Å². The summed E-state index contributed by atoms with van der Waals surface area (Å²) in [7, 11) is 0. The molecule has 0 aromatic heterocycles. The molecular weight excluding hydrogens is 186 g/mol. The molecule has 0 spiro atoms. The molecular formula is C13H21NO. The molecule has 0 N–H and O–H groups in total. The number of fused-ring (bicyclic) bond motifs is 2. The molecule has 0 aromatic rings. The summed E-state index contributed by atoms with van der Waals surface area (Å²) in [6, 6.07) is 0. The number of ketones is 1. The Morgan fingerprint density at radius 1 is 1.07 bits per heavy atom. The van der Waals surface area contributed by atoms with Crippen LogP contribution in [0.3, 0.4) is 0 Å². The number of hydrogen-bond acceptors (Lipinski definition) is 2. The predicted octanol–water partition coefficient (Wildman–Crippen LogP) is 1.94. The molecule has 2 atom stereocenters. The Balaban J connectivity index is 1.70. The number of nitrogens with zero attached hydrogens (tertiary/aromatic N) is 1. The SMILES string of the molecule is CC(=O)CN1CC2C3CCC(CC3)C2C1. The molecule has 4 fully saturated rings. The van der Waals surface area contributed by atoms with Gasteiger partial charge >= 0.3 is 0 Å². The second kappa shape index (κ2) is 3.58. The van der Waals surface area contributed by atoms with Crippen molar-refractivity contribution >= 4 is 5.78 Å². The molecule has 2 unspecified atom stereocenters. The average molecular weight is 207 g/mol. The Labute approximate surface area is 92.0 Å². The van der Waals surface area contributed by atoms with E-state index in [9.17, 15) is 4.79 Å². The molecule has 1 heterocycles. The van der Waals surface area contributed by atoms with E-state index in [4.69, 9.17) is 0 Å². The quantitative estimate of drug-likeness (QED) is 0.689. The van der Waals surface area contributed by atoms with Crippen molar-refractivity contribution in [3.8, 4) is 0 Å². The van der Waals surface area contributed by atoms with E-state index in [2.05, 4.69) is 4.90 Å². The van der Waals surface area contributed by atoms with Gasteiger partial charge in [-0.1, -0.05) is 0 Å². The molecule has 1 aliphatic heterocycles. The van der Waals surface area contributed by atoms with E-state index < -0.39 is 0 Å². The minimum absolute atomic E-state index is 0.334. The van der Waals surface area contributed by atoms with Crippen molar-refractivity contribution in [2.24, 2.45) is 23.7 Å². The molecule has 84 valence electrons. The van der Waals surface area contributed by atoms with Crippen molar-refractivity contribution in [2.45, 2.75) is 32.6 Å². The fourth-order valence-corrected chi connectivity index (χ4v) is 4.38. The van der Waals surface area contributed by atoms with E-state index in [1.165, 1.54) is 38.8 Å². The molecule has 3 aliphatic carbocycles. The summed E-state index contributed by atoms with van der Waals surface area (Å²) in [6.45, 7) is 4.85. The van der Waals surface area contributed by atoms with Crippen molar-refractivity contribution < 1.29 is 4.79 Å². The Morgan fingerprint density at radius 2 is 1.53 bits per heavy atom. The highest BCUT2D eigenvalue weighted by Gasteiger charge is 2.47. The lowest BCUT2D eigenvalue weighted by atomic mass is 9.60. The van der Waals surface area contributed by atoms with E-state index in [1.807, 2.05) is 0 Å². The van der Waals surface area contributed by atoms with Gasteiger partial charge in [0.15, 0.2) is 0 Å². The lowest BCUT2D eigenvalue weighted by molar-refractivity contribution is -0.117. The van der Waals surface area contributed by atoms with Crippen molar-refractivity contribution in [3.05, 3.63) is 0 Å². The van der Waals surface area contributed by atoms with Gasteiger partial charge in [-0.05, 0) is 56.3 Å². The highest BCUT2D eigenvalue weighted by Crippen LogP contribution is 2.51. The molecule has 0 aromatic carbocycles. The fraction of sp³-hybridized carbons (Fsp3) is 0.923. The number of Topliss-reactive ketones (excluding diaryl/α,β-unsaturated/α-hetero) is 1. The van der Waals surface area contributed by atoms with E-state index in [-0.39, 0.29) is 0 Å². The van der Waals surface area contributed by atoms with Gasteiger partial charge in [0, 0.05) is 13.1 Å². The second-order valence-corrected chi connectivity index (χ2v) is 5.90. The lowest BCUT2D eigenvalue weighted by Gasteiger charge is -2.45. The highest BCUT2D eigenvalue weighted by molar-refractivity contribution is 5.77. The van der Waals surface area contributed by atoms with Gasteiger partial charge in [0.25, 0.3) is 0 Å². The molecule has 4 rings (SSSR count). The molecule has 2 bridgehead atoms. The van der Waals surface area contributed by atoms with Gasteiger partial charge in [-0.2, -0.15) is 0 Å². The molecule has 15 heavy (non-hydrogen) atoms. The molecule has 2 nitrogen and oxygen atoms in total. The van der Waals surface area contributed by atoms with Crippen LogP contribution < -0.4 is 0 Å². The summed E-state index contributed by atoms with van der Waals surface area (Å²) in [6.07, 6.45) is 5.89. The summed E-state index contributed by atoms with van der Waals surface area (Å²) in [5.74, 6) is 4.21. The minimum Gasteiger partial charge on any atom is -0.299 e.